The Hall–Kier alpha value is -3.60. The second kappa shape index (κ2) is 8.61. The summed E-state index contributed by atoms with van der Waals surface area (Å²) in [6, 6.07) is 25.6. The van der Waals surface area contributed by atoms with Gasteiger partial charge < -0.3 is 14.4 Å². The summed E-state index contributed by atoms with van der Waals surface area (Å²) in [6.07, 6.45) is 1.93. The van der Waals surface area contributed by atoms with E-state index in [1.54, 1.807) is 4.57 Å². The number of carbonyl (C=O) groups is 1. The minimum atomic E-state index is -0.896. The molecule has 0 amide bonds. The summed E-state index contributed by atoms with van der Waals surface area (Å²) in [5, 5.41) is 9.29. The molecule has 4 rings (SSSR count). The Labute approximate surface area is 169 Å². The van der Waals surface area contributed by atoms with Gasteiger partial charge in [0, 0.05) is 5.56 Å². The fourth-order valence-electron chi connectivity index (χ4n) is 3.40. The highest BCUT2D eigenvalue weighted by Crippen LogP contribution is 2.26. The van der Waals surface area contributed by atoms with Crippen molar-refractivity contribution in [2.45, 2.75) is 19.4 Å². The molecule has 1 heterocycles. The molecule has 1 aromatic heterocycles. The molecule has 3 aromatic carbocycles. The molecule has 0 aliphatic heterocycles. The van der Waals surface area contributed by atoms with Crippen LogP contribution in [-0.4, -0.2) is 27.2 Å². The van der Waals surface area contributed by atoms with E-state index < -0.39 is 5.97 Å². The van der Waals surface area contributed by atoms with Crippen LogP contribution < -0.4 is 4.74 Å². The van der Waals surface area contributed by atoms with Gasteiger partial charge in [0.15, 0.2) is 0 Å². The lowest BCUT2D eigenvalue weighted by atomic mass is 10.1. The standard InChI is InChI=1S/C24H22N2O3/c27-23(28)17-26-22-11-5-4-10-21(22)25-24(26)19-12-14-20(15-13-19)29-16-6-9-18-7-2-1-3-8-18/h1-5,7-8,10-15H,6,9,16-17H2,(H,27,28). The van der Waals surface area contributed by atoms with E-state index in [2.05, 4.69) is 17.1 Å². The summed E-state index contributed by atoms with van der Waals surface area (Å²) in [4.78, 5) is 16.0. The summed E-state index contributed by atoms with van der Waals surface area (Å²) >= 11 is 0. The molecule has 0 saturated carbocycles. The third-order valence-electron chi connectivity index (χ3n) is 4.78. The Morgan fingerprint density at radius 1 is 0.931 bits per heavy atom. The van der Waals surface area contributed by atoms with Gasteiger partial charge in [0.05, 0.1) is 17.6 Å². The molecule has 0 radical (unpaired) electrons. The summed E-state index contributed by atoms with van der Waals surface area (Å²) in [5.74, 6) is 0.541. The number of fused-ring (bicyclic) bond motifs is 1. The Balaban J connectivity index is 1.46. The van der Waals surface area contributed by atoms with Gasteiger partial charge in [-0.25, -0.2) is 4.98 Å². The molecule has 146 valence electrons. The molecule has 0 aliphatic rings. The Bertz CT molecular complexity index is 1100. The highest BCUT2D eigenvalue weighted by Gasteiger charge is 2.14. The number of benzene rings is 3. The smallest absolute Gasteiger partial charge is 0.323 e. The van der Waals surface area contributed by atoms with Crippen LogP contribution in [-0.2, 0) is 17.8 Å². The summed E-state index contributed by atoms with van der Waals surface area (Å²) in [6.45, 7) is 0.513. The number of hydrogen-bond donors (Lipinski definition) is 1. The topological polar surface area (TPSA) is 64.3 Å². The summed E-state index contributed by atoms with van der Waals surface area (Å²) < 4.78 is 7.58. The maximum Gasteiger partial charge on any atom is 0.323 e. The van der Waals surface area contributed by atoms with Crippen LogP contribution in [0.25, 0.3) is 22.4 Å². The van der Waals surface area contributed by atoms with Gasteiger partial charge in [0.2, 0.25) is 0 Å². The third kappa shape index (κ3) is 4.46. The molecule has 0 unspecified atom stereocenters. The molecule has 5 heteroatoms. The van der Waals surface area contributed by atoms with Crippen molar-refractivity contribution < 1.29 is 14.6 Å². The summed E-state index contributed by atoms with van der Waals surface area (Å²) in [5.41, 5.74) is 3.76. The number of aryl methyl sites for hydroxylation is 1. The predicted octanol–water partition coefficient (Wildman–Crippen LogP) is 4.80. The number of aromatic nitrogens is 2. The lowest BCUT2D eigenvalue weighted by molar-refractivity contribution is -0.137. The van der Waals surface area contributed by atoms with Crippen molar-refractivity contribution >= 4 is 17.0 Å². The van der Waals surface area contributed by atoms with Crippen molar-refractivity contribution in [2.24, 2.45) is 0 Å². The zero-order chi connectivity index (χ0) is 20.1. The van der Waals surface area contributed by atoms with E-state index in [0.717, 1.165) is 35.2 Å². The third-order valence-corrected chi connectivity index (χ3v) is 4.78. The van der Waals surface area contributed by atoms with Gasteiger partial charge in [0.25, 0.3) is 0 Å². The molecular weight excluding hydrogens is 364 g/mol. The van der Waals surface area contributed by atoms with Gasteiger partial charge in [-0.1, -0.05) is 42.5 Å². The first-order valence-electron chi connectivity index (χ1n) is 9.65. The molecular formula is C24H22N2O3. The van der Waals surface area contributed by atoms with E-state index >= 15 is 0 Å². The maximum absolute atomic E-state index is 11.3. The van der Waals surface area contributed by atoms with Crippen LogP contribution in [0.2, 0.25) is 0 Å². The van der Waals surface area contributed by atoms with Crippen molar-refractivity contribution in [3.63, 3.8) is 0 Å². The summed E-state index contributed by atoms with van der Waals surface area (Å²) in [7, 11) is 0. The Morgan fingerprint density at radius 2 is 1.66 bits per heavy atom. The number of ether oxygens (including phenoxy) is 1. The first kappa shape index (κ1) is 18.7. The normalized spacial score (nSPS) is 10.9. The van der Waals surface area contributed by atoms with Gasteiger partial charge in [-0.3, -0.25) is 4.79 Å². The van der Waals surface area contributed by atoms with Crippen molar-refractivity contribution in [3.05, 3.63) is 84.4 Å². The number of para-hydroxylation sites is 2. The second-order valence-electron chi connectivity index (χ2n) is 6.87. The van der Waals surface area contributed by atoms with Crippen LogP contribution in [0.15, 0.2) is 78.9 Å². The van der Waals surface area contributed by atoms with Crippen molar-refractivity contribution in [1.29, 1.82) is 0 Å². The van der Waals surface area contributed by atoms with E-state index in [0.29, 0.717) is 12.4 Å². The quantitative estimate of drug-likeness (QED) is 0.442. The zero-order valence-corrected chi connectivity index (χ0v) is 16.0. The average Bonchev–Trinajstić information content (AvgIpc) is 3.10. The molecule has 5 nitrogen and oxygen atoms in total. The highest BCUT2D eigenvalue weighted by molar-refractivity contribution is 5.82. The van der Waals surface area contributed by atoms with Gasteiger partial charge in [-0.05, 0) is 54.8 Å². The van der Waals surface area contributed by atoms with Gasteiger partial charge in [-0.2, -0.15) is 0 Å². The highest BCUT2D eigenvalue weighted by atomic mass is 16.5. The predicted molar refractivity (Wildman–Crippen MR) is 113 cm³/mol. The largest absolute Gasteiger partial charge is 0.494 e. The number of aliphatic carboxylic acids is 1. The van der Waals surface area contributed by atoms with Gasteiger partial charge >= 0.3 is 5.97 Å². The average molecular weight is 386 g/mol. The van der Waals surface area contributed by atoms with Crippen molar-refractivity contribution in [2.75, 3.05) is 6.61 Å². The van der Waals surface area contributed by atoms with Crippen LogP contribution in [0.1, 0.15) is 12.0 Å². The van der Waals surface area contributed by atoms with Crippen LogP contribution in [0, 0.1) is 0 Å². The van der Waals surface area contributed by atoms with Crippen molar-refractivity contribution in [3.8, 4) is 17.1 Å². The fourth-order valence-corrected chi connectivity index (χ4v) is 3.40. The van der Waals surface area contributed by atoms with E-state index in [1.165, 1.54) is 5.56 Å². The monoisotopic (exact) mass is 386 g/mol. The first-order valence-corrected chi connectivity index (χ1v) is 9.65. The molecule has 1 N–H and O–H groups in total. The lowest BCUT2D eigenvalue weighted by Gasteiger charge is -2.09. The van der Waals surface area contributed by atoms with E-state index in [4.69, 9.17) is 4.74 Å². The lowest BCUT2D eigenvalue weighted by Crippen LogP contribution is -2.10. The molecule has 0 bridgehead atoms. The van der Waals surface area contributed by atoms with Gasteiger partial charge in [-0.15, -0.1) is 0 Å². The van der Waals surface area contributed by atoms with E-state index in [1.807, 2.05) is 66.7 Å². The number of carboxylic acids is 1. The molecule has 0 aliphatic carbocycles. The van der Waals surface area contributed by atoms with E-state index in [-0.39, 0.29) is 6.54 Å². The number of rotatable bonds is 8. The number of hydrogen-bond acceptors (Lipinski definition) is 3. The Morgan fingerprint density at radius 3 is 2.41 bits per heavy atom. The maximum atomic E-state index is 11.3. The molecule has 0 spiro atoms. The first-order chi connectivity index (χ1) is 14.2. The second-order valence-corrected chi connectivity index (χ2v) is 6.87. The van der Waals surface area contributed by atoms with Crippen LogP contribution >= 0.6 is 0 Å². The molecule has 0 saturated heterocycles. The van der Waals surface area contributed by atoms with E-state index in [9.17, 15) is 9.90 Å². The minimum absolute atomic E-state index is 0.131. The van der Waals surface area contributed by atoms with Crippen molar-refractivity contribution in [1.82, 2.24) is 9.55 Å². The zero-order valence-electron chi connectivity index (χ0n) is 16.0. The fraction of sp³-hybridized carbons (Fsp3) is 0.167. The molecule has 0 fully saturated rings. The van der Waals surface area contributed by atoms with Crippen LogP contribution in [0.4, 0.5) is 0 Å². The molecule has 29 heavy (non-hydrogen) atoms. The number of imidazole rings is 1. The molecule has 0 atom stereocenters. The SMILES string of the molecule is O=C(O)Cn1c(-c2ccc(OCCCc3ccccc3)cc2)nc2ccccc21. The minimum Gasteiger partial charge on any atom is -0.494 e. The molecule has 4 aromatic rings. The van der Waals surface area contributed by atoms with Crippen LogP contribution in [0.3, 0.4) is 0 Å². The number of carboxylic acid groups (broad SMARTS) is 1. The van der Waals surface area contributed by atoms with Gasteiger partial charge in [0.1, 0.15) is 18.1 Å². The van der Waals surface area contributed by atoms with Crippen LogP contribution in [0.5, 0.6) is 5.75 Å². The number of nitrogens with zero attached hydrogens (tertiary/aromatic N) is 2. The Kier molecular flexibility index (Phi) is 5.56.